The Morgan fingerprint density at radius 1 is 1.22 bits per heavy atom. The second kappa shape index (κ2) is 16.0. The number of benzene rings is 1. The third-order valence-electron chi connectivity index (χ3n) is 3.18. The topological polar surface area (TPSA) is 66.6 Å². The fraction of sp³-hybridized carbons (Fsp3) is 0.435. The summed E-state index contributed by atoms with van der Waals surface area (Å²) in [6.45, 7) is 15.0. The Kier molecular flexibility index (Phi) is 16.1. The fourth-order valence-electron chi connectivity index (χ4n) is 2.07. The first-order chi connectivity index (χ1) is 12.7. The molecule has 4 nitrogen and oxygen atoms in total. The van der Waals surface area contributed by atoms with Crippen molar-refractivity contribution >= 4 is 6.79 Å². The number of carbonyl (C=O) groups excluding carboxylic acids is 1. The molecule has 4 heteroatoms. The third kappa shape index (κ3) is 18.4. The number of rotatable bonds is 8. The minimum atomic E-state index is -0.500. The molecule has 0 aromatic heterocycles. The van der Waals surface area contributed by atoms with Gasteiger partial charge in [-0.2, -0.15) is 0 Å². The molecule has 1 rings (SSSR count). The molecule has 0 saturated carbocycles. The summed E-state index contributed by atoms with van der Waals surface area (Å²) in [5, 5.41) is 8.52. The molecule has 0 fully saturated rings. The summed E-state index contributed by atoms with van der Waals surface area (Å²) >= 11 is 0. The number of nitrogens with zero attached hydrogens (tertiary/aromatic N) is 1. The summed E-state index contributed by atoms with van der Waals surface area (Å²) < 4.78 is 0. The Morgan fingerprint density at radius 2 is 1.74 bits per heavy atom. The van der Waals surface area contributed by atoms with Crippen LogP contribution in [0, 0.1) is 0 Å². The molecule has 3 N–H and O–H groups in total. The van der Waals surface area contributed by atoms with E-state index in [2.05, 4.69) is 55.8 Å². The van der Waals surface area contributed by atoms with E-state index in [4.69, 9.17) is 15.6 Å². The van der Waals surface area contributed by atoms with E-state index in [-0.39, 0.29) is 0 Å². The zero-order chi connectivity index (χ0) is 21.3. The average molecular weight is 375 g/mol. The highest BCUT2D eigenvalue weighted by Gasteiger charge is 2.05. The summed E-state index contributed by atoms with van der Waals surface area (Å²) in [5.41, 5.74) is 8.95. The zero-order valence-corrected chi connectivity index (χ0v) is 17.7. The SMILES string of the molecule is C=C/C=C(CN(C)CCc1ccccc1)\C(N)=C/CC.C=O.CC(C)(C)O. The van der Waals surface area contributed by atoms with Crippen molar-refractivity contribution in [3.63, 3.8) is 0 Å². The highest BCUT2D eigenvalue weighted by molar-refractivity contribution is 5.32. The van der Waals surface area contributed by atoms with Crippen LogP contribution in [0.5, 0.6) is 0 Å². The van der Waals surface area contributed by atoms with Crippen LogP contribution in [0.25, 0.3) is 0 Å². The molecule has 0 aliphatic rings. The van der Waals surface area contributed by atoms with E-state index in [0.29, 0.717) is 0 Å². The van der Waals surface area contributed by atoms with E-state index < -0.39 is 5.60 Å². The lowest BCUT2D eigenvalue weighted by Crippen LogP contribution is -2.25. The molecule has 152 valence electrons. The van der Waals surface area contributed by atoms with Crippen molar-refractivity contribution in [3.8, 4) is 0 Å². The van der Waals surface area contributed by atoms with Gasteiger partial charge in [-0.25, -0.2) is 0 Å². The summed E-state index contributed by atoms with van der Waals surface area (Å²) in [5.74, 6) is 0. The van der Waals surface area contributed by atoms with Crippen LogP contribution in [0.4, 0.5) is 0 Å². The minimum Gasteiger partial charge on any atom is -0.399 e. The van der Waals surface area contributed by atoms with Gasteiger partial charge < -0.3 is 20.5 Å². The maximum Gasteiger partial charge on any atom is 0.106 e. The number of hydrogen-bond donors (Lipinski definition) is 2. The molecule has 0 bridgehead atoms. The van der Waals surface area contributed by atoms with Gasteiger partial charge in [0.1, 0.15) is 6.79 Å². The first-order valence-corrected chi connectivity index (χ1v) is 9.18. The standard InChI is InChI=1S/C18H26N2.C4H10O.CH2O/c1-4-9-17(18(19)10-5-2)15-20(3)14-13-16-11-7-6-8-12-16;1-4(2,3)5;1-2/h4,6-12H,1,5,13-15,19H2,2-3H3;5H,1-3H3;1H2/b17-9-,18-10+;;. The van der Waals surface area contributed by atoms with Crippen molar-refractivity contribution in [2.24, 2.45) is 5.73 Å². The number of likely N-dealkylation sites (N-methyl/N-ethyl adjacent to an activating group) is 1. The summed E-state index contributed by atoms with van der Waals surface area (Å²) in [4.78, 5) is 10.3. The first kappa shape index (κ1) is 27.1. The van der Waals surface area contributed by atoms with E-state index in [1.807, 2.05) is 18.9 Å². The molecule has 0 atom stereocenters. The third-order valence-corrected chi connectivity index (χ3v) is 3.18. The molecule has 0 aliphatic carbocycles. The zero-order valence-electron chi connectivity index (χ0n) is 17.7. The van der Waals surface area contributed by atoms with Crippen molar-refractivity contribution < 1.29 is 9.90 Å². The van der Waals surface area contributed by atoms with E-state index in [9.17, 15) is 0 Å². The number of hydrogen-bond acceptors (Lipinski definition) is 4. The smallest absolute Gasteiger partial charge is 0.106 e. The lowest BCUT2D eigenvalue weighted by molar-refractivity contribution is -0.0980. The molecule has 0 saturated heterocycles. The number of nitrogens with two attached hydrogens (primary N) is 1. The van der Waals surface area contributed by atoms with Gasteiger partial charge in [0.2, 0.25) is 0 Å². The minimum absolute atomic E-state index is 0.500. The van der Waals surface area contributed by atoms with E-state index in [1.54, 1.807) is 26.8 Å². The van der Waals surface area contributed by atoms with Crippen LogP contribution < -0.4 is 5.73 Å². The quantitative estimate of drug-likeness (QED) is 0.672. The van der Waals surface area contributed by atoms with Crippen molar-refractivity contribution in [2.75, 3.05) is 20.1 Å². The molecule has 0 unspecified atom stereocenters. The predicted molar refractivity (Wildman–Crippen MR) is 118 cm³/mol. The number of aliphatic hydroxyl groups is 1. The highest BCUT2D eigenvalue weighted by Crippen LogP contribution is 2.08. The van der Waals surface area contributed by atoms with Crippen molar-refractivity contribution in [2.45, 2.75) is 46.1 Å². The molecule has 27 heavy (non-hydrogen) atoms. The molecular weight excluding hydrogens is 336 g/mol. The maximum absolute atomic E-state index is 8.52. The van der Waals surface area contributed by atoms with Crippen LogP contribution in [0.3, 0.4) is 0 Å². The van der Waals surface area contributed by atoms with Gasteiger partial charge in [-0.05, 0) is 51.8 Å². The molecule has 1 aromatic rings. The Morgan fingerprint density at radius 3 is 2.19 bits per heavy atom. The maximum atomic E-state index is 8.52. The monoisotopic (exact) mass is 374 g/mol. The Hall–Kier alpha value is -2.17. The van der Waals surface area contributed by atoms with Gasteiger partial charge >= 0.3 is 0 Å². The number of allylic oxidation sites excluding steroid dienone is 3. The molecule has 1 aromatic carbocycles. The van der Waals surface area contributed by atoms with Crippen LogP contribution in [-0.2, 0) is 11.2 Å². The van der Waals surface area contributed by atoms with Gasteiger partial charge in [-0.1, -0.05) is 62.1 Å². The Labute approximate surface area is 166 Å². The van der Waals surface area contributed by atoms with Gasteiger partial charge in [0, 0.05) is 18.8 Å². The van der Waals surface area contributed by atoms with Gasteiger partial charge in [0.15, 0.2) is 0 Å². The molecule has 0 spiro atoms. The normalized spacial score (nSPS) is 11.8. The van der Waals surface area contributed by atoms with Crippen LogP contribution in [0.1, 0.15) is 39.7 Å². The van der Waals surface area contributed by atoms with Crippen molar-refractivity contribution in [1.29, 1.82) is 0 Å². The van der Waals surface area contributed by atoms with Crippen molar-refractivity contribution in [1.82, 2.24) is 4.90 Å². The largest absolute Gasteiger partial charge is 0.399 e. The molecule has 0 aliphatic heterocycles. The van der Waals surface area contributed by atoms with Crippen LogP contribution >= 0.6 is 0 Å². The Bertz CT molecular complexity index is 551. The van der Waals surface area contributed by atoms with Crippen LogP contribution in [0.15, 0.2) is 66.4 Å². The number of carbonyl (C=O) groups is 1. The average Bonchev–Trinajstić information content (AvgIpc) is 2.61. The van der Waals surface area contributed by atoms with Gasteiger partial charge in [0.05, 0.1) is 5.60 Å². The summed E-state index contributed by atoms with van der Waals surface area (Å²) in [6, 6.07) is 10.6. The molecule has 0 heterocycles. The Balaban J connectivity index is 0. The lowest BCUT2D eigenvalue weighted by atomic mass is 10.1. The fourth-order valence-corrected chi connectivity index (χ4v) is 2.07. The van der Waals surface area contributed by atoms with E-state index in [1.165, 1.54) is 5.56 Å². The van der Waals surface area contributed by atoms with E-state index >= 15 is 0 Å². The van der Waals surface area contributed by atoms with Crippen LogP contribution in [-0.4, -0.2) is 42.5 Å². The summed E-state index contributed by atoms with van der Waals surface area (Å²) in [7, 11) is 2.12. The molecule has 0 radical (unpaired) electrons. The first-order valence-electron chi connectivity index (χ1n) is 9.18. The molecule has 0 amide bonds. The molecular formula is C23H38N2O2. The summed E-state index contributed by atoms with van der Waals surface area (Å²) in [6.07, 6.45) is 7.86. The predicted octanol–water partition coefficient (Wildman–Crippen LogP) is 4.12. The lowest BCUT2D eigenvalue weighted by Gasteiger charge is -2.19. The second-order valence-corrected chi connectivity index (χ2v) is 7.14. The van der Waals surface area contributed by atoms with Gasteiger partial charge in [0.25, 0.3) is 0 Å². The van der Waals surface area contributed by atoms with Crippen LogP contribution in [0.2, 0.25) is 0 Å². The van der Waals surface area contributed by atoms with Gasteiger partial charge in [-0.3, -0.25) is 0 Å². The van der Waals surface area contributed by atoms with Gasteiger partial charge in [-0.15, -0.1) is 0 Å². The second-order valence-electron chi connectivity index (χ2n) is 7.14. The highest BCUT2D eigenvalue weighted by atomic mass is 16.3. The van der Waals surface area contributed by atoms with Crippen molar-refractivity contribution in [3.05, 3.63) is 72.0 Å². The van der Waals surface area contributed by atoms with E-state index in [0.717, 1.165) is 37.2 Å².